The maximum atomic E-state index is 12.2. The van der Waals surface area contributed by atoms with Crippen molar-refractivity contribution in [3.63, 3.8) is 0 Å². The van der Waals surface area contributed by atoms with Crippen molar-refractivity contribution in [2.75, 3.05) is 11.1 Å². The number of carboxylic acids is 2. The fourth-order valence-electron chi connectivity index (χ4n) is 4.26. The first-order valence-electron chi connectivity index (χ1n) is 12.4. The summed E-state index contributed by atoms with van der Waals surface area (Å²) in [7, 11) is -9.97. The summed E-state index contributed by atoms with van der Waals surface area (Å²) in [5.74, 6) is -4.08. The van der Waals surface area contributed by atoms with Gasteiger partial charge in [0.1, 0.15) is 22.0 Å². The number of aromatic carboxylic acids is 2. The first-order chi connectivity index (χ1) is 20.9. The largest absolute Gasteiger partial charge is 0.507 e. The Balaban J connectivity index is 1.85. The Labute approximate surface area is 254 Å². The Bertz CT molecular complexity index is 2180. The van der Waals surface area contributed by atoms with E-state index in [4.69, 9.17) is 5.73 Å². The van der Waals surface area contributed by atoms with Gasteiger partial charge in [0.15, 0.2) is 0 Å². The van der Waals surface area contributed by atoms with Crippen molar-refractivity contribution in [1.29, 1.82) is 0 Å². The molecule has 0 radical (unpaired) electrons. The Morgan fingerprint density at radius 2 is 1.42 bits per heavy atom. The zero-order chi connectivity index (χ0) is 33.4. The number of nitrogens with one attached hydrogen (secondary N) is 1. The number of aromatic hydroxyl groups is 1. The van der Waals surface area contributed by atoms with Crippen molar-refractivity contribution < 1.29 is 55.6 Å². The van der Waals surface area contributed by atoms with Gasteiger partial charge in [-0.25, -0.2) is 9.59 Å². The number of phenols is 1. The second-order valence-corrected chi connectivity index (χ2v) is 12.1. The number of carbonyl (C=O) groups is 3. The molecule has 0 atom stereocenters. The molecule has 0 bridgehead atoms. The molecule has 4 rings (SSSR count). The molecule has 0 spiro atoms. The van der Waals surface area contributed by atoms with E-state index in [1.165, 1.54) is 30.3 Å². The molecule has 4 aromatic rings. The topological polar surface area (TPSA) is 283 Å². The van der Waals surface area contributed by atoms with Gasteiger partial charge in [-0.15, -0.1) is 10.2 Å². The molecule has 0 aliphatic carbocycles. The van der Waals surface area contributed by atoms with Crippen molar-refractivity contribution in [3.05, 3.63) is 65.7 Å². The predicted molar refractivity (Wildman–Crippen MR) is 159 cm³/mol. The van der Waals surface area contributed by atoms with Crippen molar-refractivity contribution in [3.8, 4) is 16.9 Å². The monoisotopic (exact) mass is 658 g/mol. The van der Waals surface area contributed by atoms with Gasteiger partial charge in [-0.1, -0.05) is 19.1 Å². The zero-order valence-corrected chi connectivity index (χ0v) is 24.4. The average molecular weight is 659 g/mol. The Hall–Kier alpha value is -5.43. The molecule has 0 saturated heterocycles. The molecule has 0 aliphatic rings. The smallest absolute Gasteiger partial charge is 0.337 e. The summed E-state index contributed by atoms with van der Waals surface area (Å²) in [5.41, 5.74) is 4.19. The number of anilines is 2. The molecule has 1 amide bonds. The molecular weight excluding hydrogens is 636 g/mol. The fourth-order valence-corrected chi connectivity index (χ4v) is 5.47. The molecule has 0 unspecified atom stereocenters. The third-order valence-electron chi connectivity index (χ3n) is 6.40. The molecule has 45 heavy (non-hydrogen) atoms. The standard InChI is InChI=1S/C27H22N4O12S2/c1-2-22(33)29-18-5-3-12(8-16(18)26(34)35)13-4-6-19(17(9-13)27(36)37)30-31-25-21(45(41,42)43)10-14-7-15(44(38,39)40)11-20(32)23(14)24(25)28/h3-11,32H,2,28H2,1H3,(H,29,33)(H,34,35)(H,36,37)(H,38,39,40)(H,41,42,43). The van der Waals surface area contributed by atoms with E-state index in [0.717, 1.165) is 18.2 Å². The molecule has 234 valence electrons. The maximum Gasteiger partial charge on any atom is 0.337 e. The van der Waals surface area contributed by atoms with Crippen LogP contribution in [0.25, 0.3) is 21.9 Å². The van der Waals surface area contributed by atoms with Crippen LogP contribution in [0.15, 0.2) is 74.6 Å². The number of amides is 1. The quantitative estimate of drug-likeness (QED) is 0.0744. The molecule has 0 saturated carbocycles. The highest BCUT2D eigenvalue weighted by Crippen LogP contribution is 2.43. The third-order valence-corrected chi connectivity index (χ3v) is 8.10. The minimum atomic E-state index is -5.12. The lowest BCUT2D eigenvalue weighted by Crippen LogP contribution is -2.13. The number of nitrogen functional groups attached to an aromatic ring is 1. The SMILES string of the molecule is CCC(=O)Nc1ccc(-c2ccc(N=Nc3c(S(=O)(=O)O)cc4cc(S(=O)(=O)O)cc(O)c4c3N)c(C(=O)O)c2)cc1C(=O)O. The Kier molecular flexibility index (Phi) is 8.61. The minimum Gasteiger partial charge on any atom is -0.507 e. The number of phenolic OH excluding ortho intramolecular Hbond substituents is 1. The third kappa shape index (κ3) is 6.73. The first-order valence-corrected chi connectivity index (χ1v) is 15.3. The van der Waals surface area contributed by atoms with Gasteiger partial charge < -0.3 is 26.4 Å². The summed E-state index contributed by atoms with van der Waals surface area (Å²) in [4.78, 5) is 33.9. The number of carbonyl (C=O) groups excluding carboxylic acids is 1. The van der Waals surface area contributed by atoms with Gasteiger partial charge in [0.05, 0.1) is 27.4 Å². The van der Waals surface area contributed by atoms with E-state index < -0.39 is 70.6 Å². The van der Waals surface area contributed by atoms with Crippen LogP contribution in [0.1, 0.15) is 34.1 Å². The van der Waals surface area contributed by atoms with Crippen LogP contribution in [0.4, 0.5) is 22.7 Å². The lowest BCUT2D eigenvalue weighted by Gasteiger charge is -2.12. The highest BCUT2D eigenvalue weighted by atomic mass is 32.2. The Morgan fingerprint density at radius 3 is 1.98 bits per heavy atom. The second-order valence-electron chi connectivity index (χ2n) is 9.33. The highest BCUT2D eigenvalue weighted by Gasteiger charge is 2.25. The summed E-state index contributed by atoms with van der Waals surface area (Å²) in [5, 5.41) is 39.2. The minimum absolute atomic E-state index is 0.0323. The lowest BCUT2D eigenvalue weighted by atomic mass is 9.99. The van der Waals surface area contributed by atoms with E-state index in [1.54, 1.807) is 6.92 Å². The summed E-state index contributed by atoms with van der Waals surface area (Å²) < 4.78 is 66.6. The molecule has 18 heteroatoms. The average Bonchev–Trinajstić information content (AvgIpc) is 2.95. The molecule has 0 aliphatic heterocycles. The van der Waals surface area contributed by atoms with Crippen LogP contribution in [-0.4, -0.2) is 59.1 Å². The van der Waals surface area contributed by atoms with Crippen molar-refractivity contribution in [1.82, 2.24) is 0 Å². The van der Waals surface area contributed by atoms with E-state index in [0.29, 0.717) is 6.07 Å². The molecule has 0 aromatic heterocycles. The number of hydrogen-bond acceptors (Lipinski definition) is 11. The number of carboxylic acid groups (broad SMARTS) is 2. The van der Waals surface area contributed by atoms with Crippen LogP contribution in [0.3, 0.4) is 0 Å². The van der Waals surface area contributed by atoms with Gasteiger partial charge in [-0.3, -0.25) is 13.9 Å². The van der Waals surface area contributed by atoms with E-state index in [1.807, 2.05) is 0 Å². The summed E-state index contributed by atoms with van der Waals surface area (Å²) in [6.45, 7) is 1.58. The number of nitrogens with zero attached hydrogens (tertiary/aromatic N) is 2. The normalized spacial score (nSPS) is 12.0. The van der Waals surface area contributed by atoms with Crippen molar-refractivity contribution in [2.24, 2.45) is 10.2 Å². The summed E-state index contributed by atoms with van der Waals surface area (Å²) >= 11 is 0. The second kappa shape index (κ2) is 11.9. The molecule has 0 heterocycles. The van der Waals surface area contributed by atoms with E-state index in [9.17, 15) is 55.6 Å². The summed E-state index contributed by atoms with van der Waals surface area (Å²) in [6, 6.07) is 9.85. The van der Waals surface area contributed by atoms with Crippen LogP contribution in [-0.2, 0) is 25.0 Å². The van der Waals surface area contributed by atoms with Crippen molar-refractivity contribution in [2.45, 2.75) is 23.1 Å². The number of azo groups is 1. The molecule has 0 fully saturated rings. The van der Waals surface area contributed by atoms with Gasteiger partial charge in [-0.2, -0.15) is 16.8 Å². The highest BCUT2D eigenvalue weighted by molar-refractivity contribution is 7.86. The zero-order valence-electron chi connectivity index (χ0n) is 22.8. The van der Waals surface area contributed by atoms with E-state index in [2.05, 4.69) is 15.5 Å². The molecular formula is C27H22N4O12S2. The van der Waals surface area contributed by atoms with Crippen LogP contribution < -0.4 is 11.1 Å². The summed E-state index contributed by atoms with van der Waals surface area (Å²) in [6.07, 6.45) is 0.103. The van der Waals surface area contributed by atoms with Gasteiger partial charge in [0.25, 0.3) is 20.2 Å². The number of nitrogens with two attached hydrogens (primary N) is 1. The first kappa shape index (κ1) is 32.5. The maximum absolute atomic E-state index is 12.2. The van der Waals surface area contributed by atoms with Gasteiger partial charge in [0.2, 0.25) is 5.91 Å². The molecule has 16 nitrogen and oxygen atoms in total. The van der Waals surface area contributed by atoms with Crippen LogP contribution >= 0.6 is 0 Å². The fraction of sp³-hybridized carbons (Fsp3) is 0.0741. The Morgan fingerprint density at radius 1 is 0.822 bits per heavy atom. The molecule has 4 aromatic carbocycles. The number of fused-ring (bicyclic) bond motifs is 1. The van der Waals surface area contributed by atoms with Gasteiger partial charge in [0, 0.05) is 17.9 Å². The number of rotatable bonds is 9. The van der Waals surface area contributed by atoms with Crippen LogP contribution in [0.2, 0.25) is 0 Å². The lowest BCUT2D eigenvalue weighted by molar-refractivity contribution is -0.115. The number of benzene rings is 4. The molecule has 8 N–H and O–H groups in total. The van der Waals surface area contributed by atoms with E-state index >= 15 is 0 Å². The van der Waals surface area contributed by atoms with Crippen LogP contribution in [0.5, 0.6) is 5.75 Å². The van der Waals surface area contributed by atoms with E-state index in [-0.39, 0.29) is 45.3 Å². The van der Waals surface area contributed by atoms with Gasteiger partial charge >= 0.3 is 11.9 Å². The van der Waals surface area contributed by atoms with Crippen molar-refractivity contribution >= 4 is 71.6 Å². The van der Waals surface area contributed by atoms with Crippen LogP contribution in [0, 0.1) is 0 Å². The predicted octanol–water partition coefficient (Wildman–Crippen LogP) is 4.45. The van der Waals surface area contributed by atoms with Gasteiger partial charge in [-0.05, 0) is 52.9 Å². The number of hydrogen-bond donors (Lipinski definition) is 7.